The van der Waals surface area contributed by atoms with Crippen LogP contribution in [-0.4, -0.2) is 35.9 Å². The summed E-state index contributed by atoms with van der Waals surface area (Å²) in [5.74, 6) is 0.0641. The molecule has 0 saturated carbocycles. The quantitative estimate of drug-likeness (QED) is 0.786. The predicted molar refractivity (Wildman–Crippen MR) is 111 cm³/mol. The van der Waals surface area contributed by atoms with Crippen molar-refractivity contribution >= 4 is 29.1 Å². The molecule has 2 aromatic rings. The summed E-state index contributed by atoms with van der Waals surface area (Å²) in [6, 6.07) is 14.1. The Morgan fingerprint density at radius 1 is 1.00 bits per heavy atom. The average Bonchev–Trinajstić information content (AvgIpc) is 2.99. The van der Waals surface area contributed by atoms with Gasteiger partial charge in [0.15, 0.2) is 6.10 Å². The molecule has 0 spiro atoms. The standard InChI is InChI=1S/C22H25ClN2O3/c1-16(28-20-13-7-5-11-18(20)23)21(26)24-19-12-6-4-10-17(19)22(27)25-14-8-2-3-9-15-25/h4-7,10-13,16H,2-3,8-9,14-15H2,1H3,(H,24,26). The molecule has 0 bridgehead atoms. The fraction of sp³-hybridized carbons (Fsp3) is 0.364. The van der Waals surface area contributed by atoms with Crippen molar-refractivity contribution in [1.82, 2.24) is 4.90 Å². The first-order chi connectivity index (χ1) is 13.6. The zero-order chi connectivity index (χ0) is 19.9. The summed E-state index contributed by atoms with van der Waals surface area (Å²) < 4.78 is 5.67. The van der Waals surface area contributed by atoms with Gasteiger partial charge >= 0.3 is 0 Å². The molecule has 2 amide bonds. The first-order valence-electron chi connectivity index (χ1n) is 9.66. The summed E-state index contributed by atoms with van der Waals surface area (Å²) in [6.07, 6.45) is 3.57. The number of ether oxygens (including phenoxy) is 1. The van der Waals surface area contributed by atoms with E-state index in [9.17, 15) is 9.59 Å². The Bertz CT molecular complexity index is 832. The maximum Gasteiger partial charge on any atom is 0.265 e. The van der Waals surface area contributed by atoms with E-state index in [1.54, 1.807) is 49.4 Å². The summed E-state index contributed by atoms with van der Waals surface area (Å²) in [6.45, 7) is 3.16. The fourth-order valence-electron chi connectivity index (χ4n) is 3.24. The molecule has 1 aliphatic rings. The zero-order valence-electron chi connectivity index (χ0n) is 16.0. The van der Waals surface area contributed by atoms with E-state index < -0.39 is 6.10 Å². The van der Waals surface area contributed by atoms with Gasteiger partial charge in [0, 0.05) is 13.1 Å². The second kappa shape index (κ2) is 9.60. The number of benzene rings is 2. The van der Waals surface area contributed by atoms with E-state index in [2.05, 4.69) is 5.32 Å². The molecule has 5 nitrogen and oxygen atoms in total. The molecule has 1 aliphatic heterocycles. The molecular formula is C22H25ClN2O3. The highest BCUT2D eigenvalue weighted by molar-refractivity contribution is 6.32. The number of carbonyl (C=O) groups is 2. The van der Waals surface area contributed by atoms with Gasteiger partial charge in [-0.15, -0.1) is 0 Å². The Morgan fingerprint density at radius 3 is 2.36 bits per heavy atom. The highest BCUT2D eigenvalue weighted by Gasteiger charge is 2.22. The molecule has 2 aromatic carbocycles. The summed E-state index contributed by atoms with van der Waals surface area (Å²) in [5.41, 5.74) is 0.999. The maximum atomic E-state index is 13.0. The van der Waals surface area contributed by atoms with Crippen molar-refractivity contribution in [3.8, 4) is 5.75 Å². The van der Waals surface area contributed by atoms with Crippen LogP contribution in [0, 0.1) is 0 Å². The largest absolute Gasteiger partial charge is 0.479 e. The monoisotopic (exact) mass is 400 g/mol. The van der Waals surface area contributed by atoms with Crippen molar-refractivity contribution in [1.29, 1.82) is 0 Å². The van der Waals surface area contributed by atoms with Crippen LogP contribution in [0.3, 0.4) is 0 Å². The highest BCUT2D eigenvalue weighted by Crippen LogP contribution is 2.25. The van der Waals surface area contributed by atoms with Gasteiger partial charge in [0.25, 0.3) is 11.8 Å². The molecule has 3 rings (SSSR count). The SMILES string of the molecule is CC(Oc1ccccc1Cl)C(=O)Nc1ccccc1C(=O)N1CCCCCC1. The number of nitrogens with zero attached hydrogens (tertiary/aromatic N) is 1. The third kappa shape index (κ3) is 5.04. The van der Waals surface area contributed by atoms with Crippen molar-refractivity contribution < 1.29 is 14.3 Å². The Hall–Kier alpha value is -2.53. The number of amides is 2. The van der Waals surface area contributed by atoms with Crippen LogP contribution in [0.2, 0.25) is 5.02 Å². The summed E-state index contributed by atoms with van der Waals surface area (Å²) in [7, 11) is 0. The summed E-state index contributed by atoms with van der Waals surface area (Å²) in [5, 5.41) is 3.27. The third-order valence-corrected chi connectivity index (χ3v) is 5.13. The van der Waals surface area contributed by atoms with Gasteiger partial charge in [-0.05, 0) is 44.0 Å². The van der Waals surface area contributed by atoms with E-state index in [4.69, 9.17) is 16.3 Å². The normalized spacial score (nSPS) is 15.4. The van der Waals surface area contributed by atoms with Gasteiger partial charge in [0.1, 0.15) is 5.75 Å². The number of anilines is 1. The van der Waals surface area contributed by atoms with Crippen LogP contribution < -0.4 is 10.1 Å². The molecule has 0 radical (unpaired) electrons. The van der Waals surface area contributed by atoms with E-state index in [1.165, 1.54) is 0 Å². The van der Waals surface area contributed by atoms with Crippen molar-refractivity contribution in [3.05, 3.63) is 59.1 Å². The number of carbonyl (C=O) groups excluding carboxylic acids is 2. The van der Waals surface area contributed by atoms with E-state index in [-0.39, 0.29) is 11.8 Å². The lowest BCUT2D eigenvalue weighted by atomic mass is 10.1. The van der Waals surface area contributed by atoms with Gasteiger partial charge in [-0.1, -0.05) is 48.7 Å². The van der Waals surface area contributed by atoms with Gasteiger partial charge in [0.05, 0.1) is 16.3 Å². The molecular weight excluding hydrogens is 376 g/mol. The first-order valence-corrected chi connectivity index (χ1v) is 10.0. The molecule has 1 atom stereocenters. The minimum Gasteiger partial charge on any atom is -0.479 e. The van der Waals surface area contributed by atoms with E-state index >= 15 is 0 Å². The highest BCUT2D eigenvalue weighted by atomic mass is 35.5. The molecule has 0 aliphatic carbocycles. The van der Waals surface area contributed by atoms with Gasteiger partial charge in [-0.25, -0.2) is 0 Å². The van der Waals surface area contributed by atoms with Crippen LogP contribution in [0.15, 0.2) is 48.5 Å². The molecule has 1 fully saturated rings. The predicted octanol–water partition coefficient (Wildman–Crippen LogP) is 4.76. The summed E-state index contributed by atoms with van der Waals surface area (Å²) >= 11 is 6.09. The lowest BCUT2D eigenvalue weighted by Gasteiger charge is -2.22. The molecule has 1 heterocycles. The lowest BCUT2D eigenvalue weighted by molar-refractivity contribution is -0.122. The van der Waals surface area contributed by atoms with Crippen molar-refractivity contribution in [2.75, 3.05) is 18.4 Å². The third-order valence-electron chi connectivity index (χ3n) is 4.82. The first kappa shape index (κ1) is 20.2. The Balaban J connectivity index is 1.71. The van der Waals surface area contributed by atoms with Crippen molar-refractivity contribution in [2.24, 2.45) is 0 Å². The number of nitrogens with one attached hydrogen (secondary N) is 1. The molecule has 28 heavy (non-hydrogen) atoms. The van der Waals surface area contributed by atoms with Crippen LogP contribution >= 0.6 is 11.6 Å². The maximum absolute atomic E-state index is 13.0. The number of halogens is 1. The Morgan fingerprint density at radius 2 is 1.64 bits per heavy atom. The molecule has 1 unspecified atom stereocenters. The van der Waals surface area contributed by atoms with Crippen molar-refractivity contribution in [3.63, 3.8) is 0 Å². The molecule has 0 aromatic heterocycles. The second-order valence-electron chi connectivity index (χ2n) is 6.93. The molecule has 1 N–H and O–H groups in total. The number of hydrogen-bond acceptors (Lipinski definition) is 3. The molecule has 148 valence electrons. The zero-order valence-corrected chi connectivity index (χ0v) is 16.7. The minimum atomic E-state index is -0.763. The van der Waals surface area contributed by atoms with Crippen LogP contribution in [0.25, 0.3) is 0 Å². The number of likely N-dealkylation sites (tertiary alicyclic amines) is 1. The Kier molecular flexibility index (Phi) is 6.93. The number of para-hydroxylation sites is 2. The van der Waals surface area contributed by atoms with E-state index in [1.807, 2.05) is 11.0 Å². The molecule has 1 saturated heterocycles. The van der Waals surface area contributed by atoms with Crippen LogP contribution in [-0.2, 0) is 4.79 Å². The summed E-state index contributed by atoms with van der Waals surface area (Å²) in [4.78, 5) is 27.5. The molecule has 6 heteroatoms. The number of hydrogen-bond donors (Lipinski definition) is 1. The van der Waals surface area contributed by atoms with Crippen molar-refractivity contribution in [2.45, 2.75) is 38.7 Å². The smallest absolute Gasteiger partial charge is 0.265 e. The average molecular weight is 401 g/mol. The Labute approximate surface area is 170 Å². The minimum absolute atomic E-state index is 0.0440. The van der Waals surface area contributed by atoms with Crippen LogP contribution in [0.5, 0.6) is 5.75 Å². The fourth-order valence-corrected chi connectivity index (χ4v) is 3.42. The topological polar surface area (TPSA) is 58.6 Å². The van der Waals surface area contributed by atoms with Gasteiger partial charge < -0.3 is 15.0 Å². The van der Waals surface area contributed by atoms with Crippen LogP contribution in [0.1, 0.15) is 43.0 Å². The van der Waals surface area contributed by atoms with Gasteiger partial charge in [-0.2, -0.15) is 0 Å². The number of rotatable bonds is 5. The van der Waals surface area contributed by atoms with E-state index in [0.717, 1.165) is 38.8 Å². The van der Waals surface area contributed by atoms with Gasteiger partial charge in [0.2, 0.25) is 0 Å². The second-order valence-corrected chi connectivity index (χ2v) is 7.34. The van der Waals surface area contributed by atoms with Crippen LogP contribution in [0.4, 0.5) is 5.69 Å². The van der Waals surface area contributed by atoms with E-state index in [0.29, 0.717) is 22.0 Å². The van der Waals surface area contributed by atoms with Gasteiger partial charge in [-0.3, -0.25) is 9.59 Å². The lowest BCUT2D eigenvalue weighted by Crippen LogP contribution is -2.34.